The monoisotopic (exact) mass is 1410 g/mol. The van der Waals surface area contributed by atoms with Crippen molar-refractivity contribution in [2.75, 3.05) is 65.5 Å². The number of halogens is 1. The molecule has 105 heavy (non-hydrogen) atoms. The number of H-pyrrole nitrogens is 4. The number of hydrogen-bond acceptors (Lipinski definition) is 28. The van der Waals surface area contributed by atoms with E-state index in [0.717, 1.165) is 50.6 Å². The van der Waals surface area contributed by atoms with Gasteiger partial charge in [-0.3, -0.25) is 20.4 Å². The van der Waals surface area contributed by atoms with E-state index in [2.05, 4.69) is 185 Å². The molecule has 534 valence electrons. The summed E-state index contributed by atoms with van der Waals surface area (Å²) in [4.78, 5) is 53.7. The van der Waals surface area contributed by atoms with Gasteiger partial charge >= 0.3 is 0 Å². The maximum Gasteiger partial charge on any atom is 0.235 e. The first-order valence-electron chi connectivity index (χ1n) is 34.1. The van der Waals surface area contributed by atoms with Gasteiger partial charge in [0.1, 0.15) is 5.82 Å². The number of hydrogen-bond donors (Lipinski definition) is 16. The molecular weight excluding hydrogens is 1330 g/mol. The highest BCUT2D eigenvalue weighted by Crippen LogP contribution is 2.42. The van der Waals surface area contributed by atoms with Gasteiger partial charge in [-0.1, -0.05) is 84.3 Å². The molecule has 2 atom stereocenters. The summed E-state index contributed by atoms with van der Waals surface area (Å²) in [5.74, 6) is 10.5. The van der Waals surface area contributed by atoms with Crippen molar-refractivity contribution >= 4 is 100 Å². The van der Waals surface area contributed by atoms with Crippen molar-refractivity contribution in [2.24, 2.45) is 0 Å². The Morgan fingerprint density at radius 2 is 0.790 bits per heavy atom. The third-order valence-corrected chi connectivity index (χ3v) is 17.0. The SMILES string of the molecule is C#Cc1ccc(CNc2nc(N)nc(Nc3cc(C4CC4)[nH]n3)n2)cc1.Cc1ccc(C(C)Nc2nc(N)nc(Nc3cc(C4CC4)[nH]n3)n2)cc1.Cc1ccc(CNc2nc(N)nc(Nc3cc(C4CC4)[nH]n3)n2)c(F)c1.[C-]#[N+]c1ccc(C(C)Nc2nc(N)nc(Nc3cc(C4CC4)[nH]n3)n2)cc1. The highest BCUT2D eigenvalue weighted by Gasteiger charge is 2.29. The van der Waals surface area contributed by atoms with Crippen molar-refractivity contribution in [1.29, 1.82) is 0 Å². The number of nitrogens with zero attached hydrogens (tertiary/aromatic N) is 17. The van der Waals surface area contributed by atoms with Crippen LogP contribution in [0.2, 0.25) is 0 Å². The second kappa shape index (κ2) is 31.9. The zero-order valence-corrected chi connectivity index (χ0v) is 57.9. The van der Waals surface area contributed by atoms with Crippen molar-refractivity contribution in [3.05, 3.63) is 194 Å². The molecule has 0 aliphatic heterocycles. The van der Waals surface area contributed by atoms with Crippen LogP contribution in [0.4, 0.5) is 105 Å². The van der Waals surface area contributed by atoms with Gasteiger partial charge in [0.25, 0.3) is 0 Å². The Bertz CT molecular complexity index is 5020. The van der Waals surface area contributed by atoms with Gasteiger partial charge in [-0.15, -0.1) is 6.42 Å². The first-order valence-corrected chi connectivity index (χ1v) is 34.1. The Balaban J connectivity index is 0.000000124. The van der Waals surface area contributed by atoms with Crippen LogP contribution in [0.5, 0.6) is 0 Å². The predicted molar refractivity (Wildman–Crippen MR) is 400 cm³/mol. The summed E-state index contributed by atoms with van der Waals surface area (Å²) in [5, 5.41) is 53.8. The number of benzene rings is 4. The lowest BCUT2D eigenvalue weighted by molar-refractivity contribution is 0.611. The zero-order chi connectivity index (χ0) is 72.9. The fourth-order valence-corrected chi connectivity index (χ4v) is 10.7. The molecule has 8 aromatic heterocycles. The molecule has 4 aliphatic carbocycles. The second-order valence-corrected chi connectivity index (χ2v) is 25.8. The lowest BCUT2D eigenvalue weighted by Crippen LogP contribution is -2.12. The van der Waals surface area contributed by atoms with E-state index in [-0.39, 0.29) is 60.1 Å². The van der Waals surface area contributed by atoms with Gasteiger partial charge in [-0.25, -0.2) is 9.24 Å². The van der Waals surface area contributed by atoms with E-state index >= 15 is 0 Å². The van der Waals surface area contributed by atoms with E-state index in [1.54, 1.807) is 18.2 Å². The fraction of sp³-hybridized carbons (Fsp3) is 0.282. The van der Waals surface area contributed by atoms with E-state index in [9.17, 15) is 4.39 Å². The molecular formula is C71H78FN33. The first kappa shape index (κ1) is 69.8. The van der Waals surface area contributed by atoms with Crippen molar-refractivity contribution in [1.82, 2.24) is 101 Å². The highest BCUT2D eigenvalue weighted by molar-refractivity contribution is 5.57. The number of nitrogens with one attached hydrogen (secondary N) is 12. The molecule has 20 N–H and O–H groups in total. The molecule has 4 aromatic carbocycles. The fourth-order valence-electron chi connectivity index (χ4n) is 10.7. The van der Waals surface area contributed by atoms with Crippen LogP contribution < -0.4 is 65.5 Å². The largest absolute Gasteiger partial charge is 0.368 e. The lowest BCUT2D eigenvalue weighted by atomic mass is 10.1. The molecule has 0 bridgehead atoms. The minimum Gasteiger partial charge on any atom is -0.368 e. The van der Waals surface area contributed by atoms with Gasteiger partial charge in [-0.2, -0.15) is 80.2 Å². The van der Waals surface area contributed by atoms with Crippen LogP contribution in [-0.2, 0) is 13.1 Å². The zero-order valence-electron chi connectivity index (χ0n) is 57.9. The summed E-state index contributed by atoms with van der Waals surface area (Å²) in [5.41, 5.74) is 35.0. The van der Waals surface area contributed by atoms with Crippen molar-refractivity contribution < 1.29 is 4.39 Å². The van der Waals surface area contributed by atoms with Gasteiger partial charge in [0.15, 0.2) is 29.0 Å². The van der Waals surface area contributed by atoms with Gasteiger partial charge in [0.05, 0.1) is 18.7 Å². The minimum atomic E-state index is -0.276. The molecule has 33 nitrogen and oxygen atoms in total. The Labute approximate surface area is 602 Å². The third kappa shape index (κ3) is 20.1. The smallest absolute Gasteiger partial charge is 0.235 e. The number of aromatic nitrogens is 20. The molecule has 0 spiro atoms. The summed E-state index contributed by atoms with van der Waals surface area (Å²) in [6.07, 6.45) is 15.0. The number of terminal acetylenes is 1. The molecule has 2 unspecified atom stereocenters. The Hall–Kier alpha value is -13.7. The molecule has 0 radical (unpaired) electrons. The number of nitrogens with two attached hydrogens (primary N) is 4. The number of nitrogen functional groups attached to an aromatic ring is 4. The first-order chi connectivity index (χ1) is 50.9. The van der Waals surface area contributed by atoms with E-state index in [0.29, 0.717) is 100 Å². The standard InChI is InChI=1S/C18H19N9.C18H22N8.C18H18N8.C17H19FN8/c1-10(11-5-7-13(20-2)8-6-11)21-17-23-16(19)24-18(25-17)22-15-9-14(26-27-15)12-3-4-12;1-10-3-5-12(6-4-10)11(2)20-17-22-16(19)23-18(24-17)21-15-9-14(25-26-15)13-7-8-13;1-2-11-3-5-12(6-4-11)10-20-17-22-16(19)23-18(24-17)21-15-9-14(25-26-15)13-7-8-13;1-9-2-3-11(12(18)6-9)8-20-16-22-15(19)23-17(24-16)21-14-7-13(25-26-14)10-4-5-10/h5-10,12H,3-4H2,1H3,(H5,19,21,22,23,24,25,26,27);3-6,9,11,13H,7-8H2,1-2H3,(H5,19,20,21,22,23,24,25,26);1,3-6,9,13H,7-8,10H2,(H5,19,20,21,22,23,24,25,26);2-3,6-7,10H,4-5,8H2,1H3,(H5,19,20,21,22,23,24,25,26). The second-order valence-electron chi connectivity index (χ2n) is 25.8. The maximum absolute atomic E-state index is 13.9. The summed E-state index contributed by atoms with van der Waals surface area (Å²) >= 11 is 0. The van der Waals surface area contributed by atoms with Crippen LogP contribution in [0.1, 0.15) is 163 Å². The van der Waals surface area contributed by atoms with Crippen LogP contribution in [0, 0.1) is 38.6 Å². The minimum absolute atomic E-state index is 0.0390. The average molecular weight is 1410 g/mol. The normalized spacial score (nSPS) is 14.0. The Morgan fingerprint density at radius 1 is 0.448 bits per heavy atom. The van der Waals surface area contributed by atoms with Crippen LogP contribution >= 0.6 is 0 Å². The van der Waals surface area contributed by atoms with Crippen LogP contribution in [-0.4, -0.2) is 101 Å². The van der Waals surface area contributed by atoms with Crippen molar-refractivity contribution in [3.63, 3.8) is 0 Å². The van der Waals surface area contributed by atoms with Crippen LogP contribution in [0.25, 0.3) is 4.85 Å². The number of rotatable bonds is 24. The average Bonchev–Trinajstić information content (AvgIpc) is 1.10. The molecule has 0 amide bonds. The van der Waals surface area contributed by atoms with Crippen molar-refractivity contribution in [3.8, 4) is 12.3 Å². The lowest BCUT2D eigenvalue weighted by Gasteiger charge is -2.15. The quantitative estimate of drug-likeness (QED) is 0.0197. The van der Waals surface area contributed by atoms with E-state index in [1.165, 1.54) is 63.0 Å². The Kier molecular flexibility index (Phi) is 21.2. The Morgan fingerprint density at radius 3 is 1.15 bits per heavy atom. The molecule has 8 heterocycles. The van der Waals surface area contributed by atoms with Crippen LogP contribution in [0.3, 0.4) is 0 Å². The predicted octanol–water partition coefficient (Wildman–Crippen LogP) is 12.1. The maximum atomic E-state index is 13.9. The molecule has 16 rings (SSSR count). The molecule has 12 aromatic rings. The molecule has 4 aliphatic rings. The highest BCUT2D eigenvalue weighted by atomic mass is 19.1. The van der Waals surface area contributed by atoms with E-state index in [4.69, 9.17) is 35.9 Å². The summed E-state index contributed by atoms with van der Waals surface area (Å²) in [7, 11) is 0. The summed E-state index contributed by atoms with van der Waals surface area (Å²) < 4.78 is 13.9. The number of aromatic amines is 4. The third-order valence-electron chi connectivity index (χ3n) is 17.0. The molecule has 4 saturated carbocycles. The van der Waals surface area contributed by atoms with Crippen LogP contribution in [0.15, 0.2) is 115 Å². The topological polar surface area (TPSA) is 474 Å². The van der Waals surface area contributed by atoms with E-state index in [1.807, 2.05) is 87.5 Å². The van der Waals surface area contributed by atoms with Gasteiger partial charge < -0.3 is 65.5 Å². The number of anilines is 16. The molecule has 34 heteroatoms. The van der Waals surface area contributed by atoms with Gasteiger partial charge in [0.2, 0.25) is 71.4 Å². The number of aryl methyl sites for hydroxylation is 2. The van der Waals surface area contributed by atoms with Gasteiger partial charge in [0, 0.05) is 94.9 Å². The molecule has 0 saturated heterocycles. The summed E-state index contributed by atoms with van der Waals surface area (Å²) in [6.45, 7) is 15.7. The summed E-state index contributed by atoms with van der Waals surface area (Å²) in [6, 6.07) is 36.3. The van der Waals surface area contributed by atoms with Crippen molar-refractivity contribution in [2.45, 2.75) is 128 Å². The van der Waals surface area contributed by atoms with E-state index < -0.39 is 0 Å². The molecule has 4 fully saturated rings. The van der Waals surface area contributed by atoms with Gasteiger partial charge in [-0.05, 0) is 120 Å².